The van der Waals surface area contributed by atoms with Gasteiger partial charge in [0.1, 0.15) is 0 Å². The monoisotopic (exact) mass is 233 g/mol. The second kappa shape index (κ2) is 5.05. The van der Waals surface area contributed by atoms with Gasteiger partial charge in [-0.25, -0.2) is 4.79 Å². The number of carbonyl (C=O) groups is 2. The van der Waals surface area contributed by atoms with E-state index in [4.69, 9.17) is 0 Å². The highest BCUT2D eigenvalue weighted by Gasteiger charge is 2.38. The molecule has 16 heavy (non-hydrogen) atoms. The normalized spacial score (nSPS) is 17.2. The van der Waals surface area contributed by atoms with Crippen molar-refractivity contribution < 1.29 is 23.1 Å². The topological polar surface area (TPSA) is 46.6 Å². The molecule has 0 atom stereocenters. The molecule has 0 aromatic heterocycles. The van der Waals surface area contributed by atoms with Crippen LogP contribution in [0.15, 0.2) is 12.3 Å². The van der Waals surface area contributed by atoms with E-state index in [0.29, 0.717) is 25.5 Å². The van der Waals surface area contributed by atoms with Crippen LogP contribution in [0, 0.1) is 0 Å². The molecule has 0 aromatic rings. The Bertz CT molecular complexity index is 315. The van der Waals surface area contributed by atoms with Gasteiger partial charge in [-0.2, -0.15) is 8.78 Å². The number of halogens is 2. The van der Waals surface area contributed by atoms with Crippen LogP contribution < -0.4 is 0 Å². The van der Waals surface area contributed by atoms with Crippen LogP contribution in [0.4, 0.5) is 8.78 Å². The molecule has 6 heteroatoms. The average molecular weight is 233 g/mol. The van der Waals surface area contributed by atoms with Crippen molar-refractivity contribution in [2.45, 2.75) is 25.7 Å². The summed E-state index contributed by atoms with van der Waals surface area (Å²) in [6.07, 6.45) is 2.35. The first-order valence-electron chi connectivity index (χ1n) is 5.01. The summed E-state index contributed by atoms with van der Waals surface area (Å²) < 4.78 is 30.4. The highest BCUT2D eigenvalue weighted by Crippen LogP contribution is 2.19. The molecule has 1 aliphatic heterocycles. The van der Waals surface area contributed by atoms with Crippen molar-refractivity contribution in [3.8, 4) is 0 Å². The molecule has 0 N–H and O–H groups in total. The summed E-state index contributed by atoms with van der Waals surface area (Å²) in [4.78, 5) is 23.1. The number of ether oxygens (including phenoxy) is 1. The first-order valence-corrected chi connectivity index (χ1v) is 5.01. The van der Waals surface area contributed by atoms with Crippen LogP contribution in [0.1, 0.15) is 19.8 Å². The van der Waals surface area contributed by atoms with Gasteiger partial charge in [-0.15, -0.1) is 0 Å². The molecule has 0 spiro atoms. The zero-order chi connectivity index (χ0) is 12.2. The Kier molecular flexibility index (Phi) is 3.98. The Balaban J connectivity index is 2.60. The molecule has 1 aliphatic rings. The fraction of sp³-hybridized carbons (Fsp3) is 0.600. The third-order valence-electron chi connectivity index (χ3n) is 2.12. The van der Waals surface area contributed by atoms with Crippen LogP contribution in [0.5, 0.6) is 0 Å². The zero-order valence-electron chi connectivity index (χ0n) is 8.91. The van der Waals surface area contributed by atoms with Gasteiger partial charge in [-0.1, -0.05) is 0 Å². The van der Waals surface area contributed by atoms with Gasteiger partial charge in [-0.3, -0.25) is 4.79 Å². The van der Waals surface area contributed by atoms with Gasteiger partial charge in [0.25, 0.3) is 0 Å². The second-order valence-electron chi connectivity index (χ2n) is 3.35. The lowest BCUT2D eigenvalue weighted by Crippen LogP contribution is -2.29. The van der Waals surface area contributed by atoms with E-state index in [9.17, 15) is 18.4 Å². The fourth-order valence-electron chi connectivity index (χ4n) is 1.31. The molecule has 90 valence electrons. The van der Waals surface area contributed by atoms with Crippen molar-refractivity contribution in [2.24, 2.45) is 0 Å². The van der Waals surface area contributed by atoms with E-state index in [-0.39, 0.29) is 12.5 Å². The van der Waals surface area contributed by atoms with E-state index in [1.165, 1.54) is 11.8 Å². The Morgan fingerprint density at radius 2 is 2.31 bits per heavy atom. The largest absolute Gasteiger partial charge is 0.461 e. The zero-order valence-corrected chi connectivity index (χ0v) is 8.91. The molecule has 0 radical (unpaired) electrons. The number of nitrogens with zero attached hydrogens (tertiary/aromatic N) is 1. The number of hydrogen-bond donors (Lipinski definition) is 0. The van der Waals surface area contributed by atoms with Crippen molar-refractivity contribution in [1.82, 2.24) is 4.90 Å². The summed E-state index contributed by atoms with van der Waals surface area (Å²) in [5.74, 6) is -5.49. The van der Waals surface area contributed by atoms with E-state index in [2.05, 4.69) is 4.74 Å². The first kappa shape index (κ1) is 12.6. The highest BCUT2D eigenvalue weighted by molar-refractivity contribution is 5.81. The van der Waals surface area contributed by atoms with Gasteiger partial charge >= 0.3 is 11.9 Å². The lowest BCUT2D eigenvalue weighted by molar-refractivity contribution is -0.164. The van der Waals surface area contributed by atoms with Crippen molar-refractivity contribution in [1.29, 1.82) is 0 Å². The van der Waals surface area contributed by atoms with Crippen LogP contribution in [0.3, 0.4) is 0 Å². The number of hydrogen-bond acceptors (Lipinski definition) is 3. The van der Waals surface area contributed by atoms with E-state index < -0.39 is 11.9 Å². The smallest absolute Gasteiger partial charge is 0.381 e. The predicted molar refractivity (Wildman–Crippen MR) is 51.7 cm³/mol. The van der Waals surface area contributed by atoms with E-state index >= 15 is 0 Å². The summed E-state index contributed by atoms with van der Waals surface area (Å²) >= 11 is 0. The van der Waals surface area contributed by atoms with Gasteiger partial charge in [0, 0.05) is 25.2 Å². The van der Waals surface area contributed by atoms with Crippen molar-refractivity contribution >= 4 is 11.9 Å². The van der Waals surface area contributed by atoms with Crippen LogP contribution in [0.25, 0.3) is 0 Å². The number of likely N-dealkylation sites (tertiary alicyclic amines) is 1. The molecular formula is C10H13F2NO3. The SMILES string of the molecule is CCOC(=O)C(F)(F)/C=C/N1CCCC1=O. The molecular weight excluding hydrogens is 220 g/mol. The van der Waals surface area contributed by atoms with Gasteiger partial charge in [-0.05, 0) is 13.3 Å². The lowest BCUT2D eigenvalue weighted by atomic mass is 10.3. The molecule has 0 bridgehead atoms. The minimum Gasteiger partial charge on any atom is -0.461 e. The summed E-state index contributed by atoms with van der Waals surface area (Å²) in [6, 6.07) is 0. The van der Waals surface area contributed by atoms with Crippen molar-refractivity contribution in [3.63, 3.8) is 0 Å². The molecule has 1 saturated heterocycles. The standard InChI is InChI=1S/C10H13F2NO3/c1-2-16-9(15)10(11,12)5-7-13-6-3-4-8(13)14/h5,7H,2-4,6H2,1H3/b7-5+. The number of esters is 1. The van der Waals surface area contributed by atoms with E-state index in [1.807, 2.05) is 0 Å². The number of rotatable bonds is 4. The number of carbonyl (C=O) groups excluding carboxylic acids is 2. The molecule has 0 saturated carbocycles. The predicted octanol–water partition coefficient (Wildman–Crippen LogP) is 1.32. The van der Waals surface area contributed by atoms with Gasteiger partial charge in [0.15, 0.2) is 0 Å². The van der Waals surface area contributed by atoms with Crippen LogP contribution >= 0.6 is 0 Å². The maximum atomic E-state index is 13.1. The van der Waals surface area contributed by atoms with E-state index in [0.717, 1.165) is 6.20 Å². The molecule has 0 aliphatic carbocycles. The summed E-state index contributed by atoms with van der Waals surface area (Å²) in [5, 5.41) is 0. The third-order valence-corrected chi connectivity index (χ3v) is 2.12. The Morgan fingerprint density at radius 1 is 1.62 bits per heavy atom. The van der Waals surface area contributed by atoms with E-state index in [1.54, 1.807) is 0 Å². The number of alkyl halides is 2. The average Bonchev–Trinajstić information content (AvgIpc) is 2.61. The van der Waals surface area contributed by atoms with Crippen LogP contribution in [-0.2, 0) is 14.3 Å². The fourth-order valence-corrected chi connectivity index (χ4v) is 1.31. The minimum atomic E-state index is -3.68. The third kappa shape index (κ3) is 3.01. The minimum absolute atomic E-state index is 0.106. The number of amides is 1. The summed E-state index contributed by atoms with van der Waals surface area (Å²) in [5.41, 5.74) is 0. The Labute approximate surface area is 91.9 Å². The molecule has 0 unspecified atom stereocenters. The Hall–Kier alpha value is -1.46. The molecule has 1 rings (SSSR count). The van der Waals surface area contributed by atoms with Crippen LogP contribution in [-0.4, -0.2) is 35.9 Å². The van der Waals surface area contributed by atoms with Gasteiger partial charge in [0.05, 0.1) is 6.61 Å². The maximum Gasteiger partial charge on any atom is 0.381 e. The molecule has 1 heterocycles. The van der Waals surface area contributed by atoms with Gasteiger partial charge < -0.3 is 9.64 Å². The highest BCUT2D eigenvalue weighted by atomic mass is 19.3. The van der Waals surface area contributed by atoms with Crippen molar-refractivity contribution in [3.05, 3.63) is 12.3 Å². The van der Waals surface area contributed by atoms with Crippen LogP contribution in [0.2, 0.25) is 0 Å². The second-order valence-corrected chi connectivity index (χ2v) is 3.35. The van der Waals surface area contributed by atoms with Crippen molar-refractivity contribution in [2.75, 3.05) is 13.2 Å². The summed E-state index contributed by atoms with van der Waals surface area (Å²) in [7, 11) is 0. The molecule has 1 fully saturated rings. The Morgan fingerprint density at radius 3 is 2.81 bits per heavy atom. The first-order chi connectivity index (χ1) is 7.47. The quantitative estimate of drug-likeness (QED) is 0.688. The van der Waals surface area contributed by atoms with Gasteiger partial charge in [0.2, 0.25) is 5.91 Å². The molecule has 1 amide bonds. The lowest BCUT2D eigenvalue weighted by Gasteiger charge is -2.13. The maximum absolute atomic E-state index is 13.1. The molecule has 4 nitrogen and oxygen atoms in total. The molecule has 0 aromatic carbocycles. The summed E-state index contributed by atoms with van der Waals surface area (Å²) in [6.45, 7) is 1.75.